The summed E-state index contributed by atoms with van der Waals surface area (Å²) in [6.07, 6.45) is 2.95. The maximum atomic E-state index is 4.32. The molecule has 3 heterocycles. The Morgan fingerprint density at radius 2 is 2.23 bits per heavy atom. The standard InChI is InChI=1S/C9H9N3S/c1-3-12(4-1)8-7-2-5-13-9(7)11-6-10-8/h2,5-6H,1,3-4H2. The van der Waals surface area contributed by atoms with Crippen LogP contribution in [0.3, 0.4) is 0 Å². The lowest BCUT2D eigenvalue weighted by Crippen LogP contribution is -2.37. The van der Waals surface area contributed by atoms with Gasteiger partial charge in [-0.1, -0.05) is 0 Å². The molecule has 0 bridgehead atoms. The van der Waals surface area contributed by atoms with E-state index < -0.39 is 0 Å². The fourth-order valence-corrected chi connectivity index (χ4v) is 2.28. The van der Waals surface area contributed by atoms with Crippen molar-refractivity contribution in [1.29, 1.82) is 0 Å². The minimum atomic E-state index is 1.09. The first-order chi connectivity index (χ1) is 6.45. The highest BCUT2D eigenvalue weighted by molar-refractivity contribution is 7.16. The molecule has 0 saturated carbocycles. The Balaban J connectivity index is 2.20. The molecule has 1 fully saturated rings. The van der Waals surface area contributed by atoms with Gasteiger partial charge in [0.2, 0.25) is 0 Å². The van der Waals surface area contributed by atoms with E-state index in [0.717, 1.165) is 23.7 Å². The molecule has 0 amide bonds. The molecule has 2 aromatic heterocycles. The second kappa shape index (κ2) is 2.67. The first-order valence-corrected chi connectivity index (χ1v) is 5.26. The van der Waals surface area contributed by atoms with Gasteiger partial charge in [0.1, 0.15) is 17.0 Å². The highest BCUT2D eigenvalue weighted by Gasteiger charge is 2.18. The number of hydrogen-bond donors (Lipinski definition) is 0. The monoisotopic (exact) mass is 191 g/mol. The van der Waals surface area contributed by atoms with E-state index in [0.29, 0.717) is 0 Å². The predicted octanol–water partition coefficient (Wildman–Crippen LogP) is 1.90. The Morgan fingerprint density at radius 3 is 3.00 bits per heavy atom. The lowest BCUT2D eigenvalue weighted by Gasteiger charge is -2.32. The predicted molar refractivity (Wildman–Crippen MR) is 54.2 cm³/mol. The van der Waals surface area contributed by atoms with Crippen LogP contribution in [-0.2, 0) is 0 Å². The second-order valence-electron chi connectivity index (χ2n) is 3.18. The smallest absolute Gasteiger partial charge is 0.140 e. The normalized spacial score (nSPS) is 16.2. The molecule has 4 heteroatoms. The molecule has 13 heavy (non-hydrogen) atoms. The number of hydrogen-bond acceptors (Lipinski definition) is 4. The zero-order valence-corrected chi connectivity index (χ0v) is 7.92. The first-order valence-electron chi connectivity index (χ1n) is 4.38. The van der Waals surface area contributed by atoms with Crippen LogP contribution in [0.2, 0.25) is 0 Å². The number of nitrogens with zero attached hydrogens (tertiary/aromatic N) is 3. The summed E-state index contributed by atoms with van der Waals surface area (Å²) in [5.74, 6) is 1.11. The molecule has 0 atom stereocenters. The molecule has 1 saturated heterocycles. The zero-order chi connectivity index (χ0) is 8.67. The number of anilines is 1. The van der Waals surface area contributed by atoms with Gasteiger partial charge in [-0.05, 0) is 17.9 Å². The van der Waals surface area contributed by atoms with Crippen LogP contribution in [0.15, 0.2) is 17.8 Å². The van der Waals surface area contributed by atoms with Gasteiger partial charge in [-0.3, -0.25) is 0 Å². The summed E-state index contributed by atoms with van der Waals surface area (Å²) in [5, 5.41) is 3.27. The lowest BCUT2D eigenvalue weighted by atomic mass is 10.2. The Morgan fingerprint density at radius 1 is 1.31 bits per heavy atom. The summed E-state index contributed by atoms with van der Waals surface area (Å²) >= 11 is 1.68. The van der Waals surface area contributed by atoms with Gasteiger partial charge in [-0.15, -0.1) is 11.3 Å². The Hall–Kier alpha value is -1.16. The van der Waals surface area contributed by atoms with Gasteiger partial charge in [0, 0.05) is 13.1 Å². The molecule has 0 N–H and O–H groups in total. The van der Waals surface area contributed by atoms with Crippen molar-refractivity contribution in [3.05, 3.63) is 17.8 Å². The molecule has 1 aliphatic rings. The summed E-state index contributed by atoms with van der Waals surface area (Å²) in [6, 6.07) is 2.10. The topological polar surface area (TPSA) is 29.0 Å². The van der Waals surface area contributed by atoms with Crippen LogP contribution in [-0.4, -0.2) is 23.1 Å². The fraction of sp³-hybridized carbons (Fsp3) is 0.333. The Kier molecular flexibility index (Phi) is 1.49. The van der Waals surface area contributed by atoms with Crippen molar-refractivity contribution in [3.8, 4) is 0 Å². The maximum absolute atomic E-state index is 4.32. The van der Waals surface area contributed by atoms with Crippen molar-refractivity contribution < 1.29 is 0 Å². The van der Waals surface area contributed by atoms with Gasteiger partial charge in [-0.25, -0.2) is 9.97 Å². The molecule has 2 aromatic rings. The fourth-order valence-electron chi connectivity index (χ4n) is 1.56. The van der Waals surface area contributed by atoms with Gasteiger partial charge < -0.3 is 4.90 Å². The van der Waals surface area contributed by atoms with Crippen LogP contribution in [0.25, 0.3) is 10.2 Å². The van der Waals surface area contributed by atoms with Crippen molar-refractivity contribution >= 4 is 27.4 Å². The molecular formula is C9H9N3S. The molecule has 3 rings (SSSR count). The van der Waals surface area contributed by atoms with E-state index >= 15 is 0 Å². The molecule has 0 spiro atoms. The van der Waals surface area contributed by atoms with E-state index in [1.54, 1.807) is 17.7 Å². The maximum Gasteiger partial charge on any atom is 0.140 e. The molecule has 0 aromatic carbocycles. The number of rotatable bonds is 1. The van der Waals surface area contributed by atoms with Crippen LogP contribution in [0, 0.1) is 0 Å². The zero-order valence-electron chi connectivity index (χ0n) is 7.10. The van der Waals surface area contributed by atoms with Gasteiger partial charge in [0.05, 0.1) is 5.39 Å². The van der Waals surface area contributed by atoms with E-state index in [4.69, 9.17) is 0 Å². The van der Waals surface area contributed by atoms with E-state index in [2.05, 4.69) is 26.3 Å². The van der Waals surface area contributed by atoms with E-state index in [-0.39, 0.29) is 0 Å². The average molecular weight is 191 g/mol. The minimum absolute atomic E-state index is 1.09. The van der Waals surface area contributed by atoms with E-state index in [1.807, 2.05) is 0 Å². The van der Waals surface area contributed by atoms with Crippen LogP contribution < -0.4 is 4.90 Å². The lowest BCUT2D eigenvalue weighted by molar-refractivity contribution is 0.612. The molecule has 0 unspecified atom stereocenters. The quantitative estimate of drug-likeness (QED) is 0.689. The van der Waals surface area contributed by atoms with Crippen molar-refractivity contribution in [3.63, 3.8) is 0 Å². The van der Waals surface area contributed by atoms with E-state index in [9.17, 15) is 0 Å². The summed E-state index contributed by atoms with van der Waals surface area (Å²) in [4.78, 5) is 11.9. The third kappa shape index (κ3) is 1.02. The molecule has 0 radical (unpaired) electrons. The number of aromatic nitrogens is 2. The van der Waals surface area contributed by atoms with Crippen LogP contribution >= 0.6 is 11.3 Å². The highest BCUT2D eigenvalue weighted by Crippen LogP contribution is 2.28. The third-order valence-corrected chi connectivity index (χ3v) is 3.22. The summed E-state index contributed by atoms with van der Waals surface area (Å²) in [5.41, 5.74) is 0. The van der Waals surface area contributed by atoms with Crippen molar-refractivity contribution in [2.75, 3.05) is 18.0 Å². The number of thiophene rings is 1. The Bertz CT molecular complexity index is 433. The van der Waals surface area contributed by atoms with Gasteiger partial charge >= 0.3 is 0 Å². The molecule has 3 nitrogen and oxygen atoms in total. The molecule has 1 aliphatic heterocycles. The minimum Gasteiger partial charge on any atom is -0.356 e. The molecular weight excluding hydrogens is 182 g/mol. The molecule has 0 aliphatic carbocycles. The van der Waals surface area contributed by atoms with Gasteiger partial charge in [-0.2, -0.15) is 0 Å². The second-order valence-corrected chi connectivity index (χ2v) is 4.07. The van der Waals surface area contributed by atoms with Crippen LogP contribution in [0.4, 0.5) is 5.82 Å². The van der Waals surface area contributed by atoms with Crippen LogP contribution in [0.1, 0.15) is 6.42 Å². The summed E-state index contributed by atoms with van der Waals surface area (Å²) < 4.78 is 0. The van der Waals surface area contributed by atoms with Gasteiger partial charge in [0.15, 0.2) is 0 Å². The SMILES string of the molecule is c1nc(N2CCC2)c2ccsc2n1. The summed E-state index contributed by atoms with van der Waals surface area (Å²) in [7, 11) is 0. The first kappa shape index (κ1) is 7.26. The largest absolute Gasteiger partial charge is 0.356 e. The highest BCUT2D eigenvalue weighted by atomic mass is 32.1. The Labute approximate surface area is 80.0 Å². The average Bonchev–Trinajstić information content (AvgIpc) is 2.49. The molecule has 66 valence electrons. The number of fused-ring (bicyclic) bond motifs is 1. The van der Waals surface area contributed by atoms with Crippen molar-refractivity contribution in [2.45, 2.75) is 6.42 Å². The third-order valence-electron chi connectivity index (χ3n) is 2.40. The van der Waals surface area contributed by atoms with Crippen LogP contribution in [0.5, 0.6) is 0 Å². The van der Waals surface area contributed by atoms with Crippen molar-refractivity contribution in [2.24, 2.45) is 0 Å². The van der Waals surface area contributed by atoms with E-state index in [1.165, 1.54) is 11.8 Å². The van der Waals surface area contributed by atoms with Gasteiger partial charge in [0.25, 0.3) is 0 Å². The van der Waals surface area contributed by atoms with Crippen molar-refractivity contribution in [1.82, 2.24) is 9.97 Å². The summed E-state index contributed by atoms with van der Waals surface area (Å²) in [6.45, 7) is 2.28.